The van der Waals surface area contributed by atoms with E-state index in [2.05, 4.69) is 45.2 Å². The van der Waals surface area contributed by atoms with Crippen molar-refractivity contribution in [1.29, 1.82) is 5.26 Å². The molecule has 1 aliphatic heterocycles. The molecule has 3 heterocycles. The Morgan fingerprint density at radius 2 is 2.04 bits per heavy atom. The maximum Gasteiger partial charge on any atom is 0.220 e. The van der Waals surface area contributed by atoms with Crippen molar-refractivity contribution in [2.75, 3.05) is 18.0 Å². The minimum absolute atomic E-state index is 0.293. The number of aromatic nitrogens is 3. The first-order valence-corrected chi connectivity index (χ1v) is 9.44. The third-order valence-corrected chi connectivity index (χ3v) is 6.22. The lowest BCUT2D eigenvalue weighted by atomic mass is 9.90. The van der Waals surface area contributed by atoms with Crippen LogP contribution in [0.25, 0.3) is 10.9 Å². The summed E-state index contributed by atoms with van der Waals surface area (Å²) in [5.41, 5.74) is 4.11. The van der Waals surface area contributed by atoms with Crippen LogP contribution in [0.15, 0.2) is 28.8 Å². The molecule has 5 rings (SSSR count). The van der Waals surface area contributed by atoms with Gasteiger partial charge in [-0.2, -0.15) is 5.26 Å². The van der Waals surface area contributed by atoms with Crippen LogP contribution in [-0.4, -0.2) is 28.3 Å². The van der Waals surface area contributed by atoms with Gasteiger partial charge < -0.3 is 9.32 Å². The zero-order chi connectivity index (χ0) is 18.6. The molecule has 0 bridgehead atoms. The van der Waals surface area contributed by atoms with E-state index in [-0.39, 0.29) is 0 Å². The highest BCUT2D eigenvalue weighted by atomic mass is 16.4. The lowest BCUT2D eigenvalue weighted by Gasteiger charge is -2.35. The van der Waals surface area contributed by atoms with Gasteiger partial charge in [-0.25, -0.2) is 0 Å². The summed E-state index contributed by atoms with van der Waals surface area (Å²) in [5.74, 6) is 1.83. The van der Waals surface area contributed by atoms with Gasteiger partial charge in [-0.05, 0) is 43.7 Å². The van der Waals surface area contributed by atoms with Gasteiger partial charge in [-0.1, -0.05) is 11.6 Å². The number of benzene rings is 1. The Hall–Kier alpha value is -2.94. The van der Waals surface area contributed by atoms with Gasteiger partial charge in [0.15, 0.2) is 0 Å². The number of fused-ring (bicyclic) bond motifs is 1. The Morgan fingerprint density at radius 1 is 1.22 bits per heavy atom. The second-order valence-electron chi connectivity index (χ2n) is 7.92. The maximum atomic E-state index is 9.64. The van der Waals surface area contributed by atoms with Gasteiger partial charge in [0.1, 0.15) is 6.07 Å². The quantitative estimate of drug-likeness (QED) is 0.691. The van der Waals surface area contributed by atoms with Gasteiger partial charge in [0.05, 0.1) is 16.8 Å². The third-order valence-electron chi connectivity index (χ3n) is 6.22. The molecular weight excluding hydrogens is 338 g/mol. The molecule has 27 heavy (non-hydrogen) atoms. The SMILES string of the molecule is Cc1ccc2ncc(C#N)c(N3CCC4(CC3)CC4c3nnc(C)o3)c2c1. The summed E-state index contributed by atoms with van der Waals surface area (Å²) in [6.07, 6.45) is 5.00. The zero-order valence-corrected chi connectivity index (χ0v) is 15.6. The number of hydrogen-bond donors (Lipinski definition) is 0. The van der Waals surface area contributed by atoms with E-state index in [9.17, 15) is 5.26 Å². The fourth-order valence-corrected chi connectivity index (χ4v) is 4.59. The van der Waals surface area contributed by atoms with Crippen LogP contribution >= 0.6 is 0 Å². The predicted octanol–water partition coefficient (Wildman–Crippen LogP) is 3.88. The first kappa shape index (κ1) is 16.2. The molecule has 1 saturated heterocycles. The highest BCUT2D eigenvalue weighted by molar-refractivity contribution is 5.95. The molecule has 2 fully saturated rings. The molecule has 1 unspecified atom stereocenters. The molecule has 1 aromatic carbocycles. The molecule has 0 N–H and O–H groups in total. The summed E-state index contributed by atoms with van der Waals surface area (Å²) >= 11 is 0. The Kier molecular flexibility index (Phi) is 3.48. The normalized spacial score (nSPS) is 20.8. The molecule has 6 heteroatoms. The van der Waals surface area contributed by atoms with Crippen LogP contribution in [0.5, 0.6) is 0 Å². The standard InChI is InChI=1S/C21H21N5O/c1-13-3-4-18-16(9-13)19(15(11-22)12-23-18)26-7-5-21(6-8-26)10-17(21)20-25-24-14(2)27-20/h3-4,9,12,17H,5-8,10H2,1-2H3. The topological polar surface area (TPSA) is 78.8 Å². The van der Waals surface area contributed by atoms with Gasteiger partial charge in [0.2, 0.25) is 11.8 Å². The molecule has 0 amide bonds. The van der Waals surface area contributed by atoms with Crippen molar-refractivity contribution in [3.63, 3.8) is 0 Å². The van der Waals surface area contributed by atoms with Gasteiger partial charge in [-0.15, -0.1) is 10.2 Å². The second kappa shape index (κ2) is 5.78. The van der Waals surface area contributed by atoms with Crippen LogP contribution in [0.2, 0.25) is 0 Å². The molecule has 2 aromatic heterocycles. The van der Waals surface area contributed by atoms with Crippen LogP contribution < -0.4 is 4.90 Å². The molecule has 2 aliphatic rings. The average Bonchev–Trinajstić information content (AvgIpc) is 3.19. The molecule has 0 radical (unpaired) electrons. The van der Waals surface area contributed by atoms with Crippen LogP contribution in [0.4, 0.5) is 5.69 Å². The second-order valence-corrected chi connectivity index (χ2v) is 7.92. The fraction of sp³-hybridized carbons (Fsp3) is 0.429. The van der Waals surface area contributed by atoms with Crippen molar-refractivity contribution in [2.24, 2.45) is 5.41 Å². The van der Waals surface area contributed by atoms with Gasteiger partial charge >= 0.3 is 0 Å². The monoisotopic (exact) mass is 359 g/mol. The number of nitriles is 1. The van der Waals surface area contributed by atoms with Crippen molar-refractivity contribution >= 4 is 16.6 Å². The van der Waals surface area contributed by atoms with Gasteiger partial charge in [-0.3, -0.25) is 4.98 Å². The fourth-order valence-electron chi connectivity index (χ4n) is 4.59. The number of piperidine rings is 1. The van der Waals surface area contributed by atoms with E-state index >= 15 is 0 Å². The van der Waals surface area contributed by atoms with E-state index < -0.39 is 0 Å². The van der Waals surface area contributed by atoms with Crippen LogP contribution in [0, 0.1) is 30.6 Å². The van der Waals surface area contributed by atoms with Crippen molar-refractivity contribution < 1.29 is 4.42 Å². The smallest absolute Gasteiger partial charge is 0.220 e. The zero-order valence-electron chi connectivity index (χ0n) is 15.6. The van der Waals surface area contributed by atoms with Crippen molar-refractivity contribution in [3.05, 3.63) is 47.3 Å². The summed E-state index contributed by atoms with van der Waals surface area (Å²) in [4.78, 5) is 6.83. The maximum absolute atomic E-state index is 9.64. The molecule has 136 valence electrons. The van der Waals surface area contributed by atoms with E-state index in [0.29, 0.717) is 22.8 Å². The minimum atomic E-state index is 0.293. The molecule has 6 nitrogen and oxygen atoms in total. The highest BCUT2D eigenvalue weighted by Gasteiger charge is 2.58. The highest BCUT2D eigenvalue weighted by Crippen LogP contribution is 2.64. The van der Waals surface area contributed by atoms with Crippen molar-refractivity contribution in [3.8, 4) is 6.07 Å². The number of aryl methyl sites for hydroxylation is 2. The van der Waals surface area contributed by atoms with E-state index in [1.165, 1.54) is 5.56 Å². The summed E-state index contributed by atoms with van der Waals surface area (Å²) in [6, 6.07) is 8.59. The predicted molar refractivity (Wildman–Crippen MR) is 101 cm³/mol. The Bertz CT molecular complexity index is 1070. The molecule has 1 aliphatic carbocycles. The molecule has 1 spiro atoms. The van der Waals surface area contributed by atoms with Crippen LogP contribution in [-0.2, 0) is 0 Å². The largest absolute Gasteiger partial charge is 0.425 e. The number of nitrogens with zero attached hydrogens (tertiary/aromatic N) is 5. The first-order chi connectivity index (χ1) is 13.1. The average molecular weight is 359 g/mol. The summed E-state index contributed by atoms with van der Waals surface area (Å²) in [7, 11) is 0. The minimum Gasteiger partial charge on any atom is -0.425 e. The molecular formula is C21H21N5O. The molecule has 1 saturated carbocycles. The summed E-state index contributed by atoms with van der Waals surface area (Å²) in [5, 5.41) is 18.9. The number of anilines is 1. The van der Waals surface area contributed by atoms with Gasteiger partial charge in [0, 0.05) is 37.5 Å². The first-order valence-electron chi connectivity index (χ1n) is 9.44. The molecule has 1 atom stereocenters. The lowest BCUT2D eigenvalue weighted by molar-refractivity contribution is 0.349. The summed E-state index contributed by atoms with van der Waals surface area (Å²) < 4.78 is 5.67. The van der Waals surface area contributed by atoms with Crippen LogP contribution in [0.3, 0.4) is 0 Å². The van der Waals surface area contributed by atoms with Crippen molar-refractivity contribution in [2.45, 2.75) is 39.0 Å². The summed E-state index contributed by atoms with van der Waals surface area (Å²) in [6.45, 7) is 5.79. The Balaban J connectivity index is 1.43. The van der Waals surface area contributed by atoms with E-state index in [0.717, 1.165) is 54.8 Å². The number of pyridine rings is 1. The third kappa shape index (κ3) is 2.57. The van der Waals surface area contributed by atoms with E-state index in [4.69, 9.17) is 4.42 Å². The molecule has 3 aromatic rings. The van der Waals surface area contributed by atoms with Gasteiger partial charge in [0.25, 0.3) is 0 Å². The Labute approximate surface area is 157 Å². The van der Waals surface area contributed by atoms with Crippen molar-refractivity contribution in [1.82, 2.24) is 15.2 Å². The number of hydrogen-bond acceptors (Lipinski definition) is 6. The van der Waals surface area contributed by atoms with E-state index in [1.54, 1.807) is 6.20 Å². The lowest BCUT2D eigenvalue weighted by Crippen LogP contribution is -2.35. The van der Waals surface area contributed by atoms with Crippen LogP contribution in [0.1, 0.15) is 48.1 Å². The number of rotatable bonds is 2. The Morgan fingerprint density at radius 3 is 2.74 bits per heavy atom. The van der Waals surface area contributed by atoms with E-state index in [1.807, 2.05) is 13.0 Å².